The number of benzene rings is 1. The van der Waals surface area contributed by atoms with Crippen LogP contribution in [0.1, 0.15) is 36.5 Å². The number of hydrogen-bond acceptors (Lipinski definition) is 1. The van der Waals surface area contributed by atoms with Crippen molar-refractivity contribution in [1.82, 2.24) is 4.90 Å². The first-order valence-electron chi connectivity index (χ1n) is 5.86. The van der Waals surface area contributed by atoms with E-state index in [1.54, 1.807) is 4.90 Å². The van der Waals surface area contributed by atoms with Crippen molar-refractivity contribution in [2.45, 2.75) is 32.2 Å². The number of amides is 1. The van der Waals surface area contributed by atoms with Crippen LogP contribution < -0.4 is 0 Å². The Hall–Kier alpha value is -1.45. The zero-order valence-corrected chi connectivity index (χ0v) is 9.75. The van der Waals surface area contributed by atoms with E-state index in [4.69, 9.17) is 0 Å². The van der Waals surface area contributed by atoms with Crippen molar-refractivity contribution in [1.29, 1.82) is 0 Å². The van der Waals surface area contributed by atoms with Crippen molar-refractivity contribution in [2.24, 2.45) is 0 Å². The Balaban J connectivity index is 2.27. The lowest BCUT2D eigenvalue weighted by atomic mass is 10.0. The van der Waals surface area contributed by atoms with E-state index in [0.29, 0.717) is 6.54 Å². The van der Waals surface area contributed by atoms with Crippen LogP contribution in [0.5, 0.6) is 0 Å². The van der Waals surface area contributed by atoms with Crippen LogP contribution in [0.2, 0.25) is 0 Å². The summed E-state index contributed by atoms with van der Waals surface area (Å²) in [5.74, 6) is -2.43. The summed E-state index contributed by atoms with van der Waals surface area (Å²) < 4.78 is 26.6. The lowest BCUT2D eigenvalue weighted by Crippen LogP contribution is -2.42. The molecule has 0 saturated carbocycles. The van der Waals surface area contributed by atoms with Crippen molar-refractivity contribution in [3.63, 3.8) is 0 Å². The van der Waals surface area contributed by atoms with E-state index >= 15 is 0 Å². The third-order valence-corrected chi connectivity index (χ3v) is 3.25. The minimum absolute atomic E-state index is 0.0962. The summed E-state index contributed by atoms with van der Waals surface area (Å²) >= 11 is 0. The Labute approximate surface area is 99.2 Å². The van der Waals surface area contributed by atoms with Crippen LogP contribution in [-0.4, -0.2) is 23.4 Å². The Kier molecular flexibility index (Phi) is 3.41. The number of carbonyl (C=O) groups excluding carboxylic acids is 1. The molecule has 1 amide bonds. The molecule has 1 saturated heterocycles. The van der Waals surface area contributed by atoms with E-state index in [1.165, 1.54) is 12.1 Å². The predicted octanol–water partition coefficient (Wildman–Crippen LogP) is 2.98. The van der Waals surface area contributed by atoms with Gasteiger partial charge in [-0.1, -0.05) is 6.07 Å². The monoisotopic (exact) mass is 239 g/mol. The van der Waals surface area contributed by atoms with E-state index in [0.717, 1.165) is 25.3 Å². The zero-order valence-electron chi connectivity index (χ0n) is 9.75. The van der Waals surface area contributed by atoms with Gasteiger partial charge in [-0.25, -0.2) is 8.78 Å². The van der Waals surface area contributed by atoms with Gasteiger partial charge in [-0.2, -0.15) is 0 Å². The summed E-state index contributed by atoms with van der Waals surface area (Å²) in [5, 5.41) is 0. The van der Waals surface area contributed by atoms with Gasteiger partial charge in [-0.05, 0) is 38.3 Å². The van der Waals surface area contributed by atoms with Gasteiger partial charge in [0.25, 0.3) is 5.91 Å². The van der Waals surface area contributed by atoms with Crippen LogP contribution in [0.3, 0.4) is 0 Å². The van der Waals surface area contributed by atoms with Crippen molar-refractivity contribution >= 4 is 5.91 Å². The SMILES string of the molecule is C[C@H]1CCCCN1C(=O)c1cccc(F)c1F. The third kappa shape index (κ3) is 2.30. The average molecular weight is 239 g/mol. The smallest absolute Gasteiger partial charge is 0.257 e. The molecule has 2 nitrogen and oxygen atoms in total. The summed E-state index contributed by atoms with van der Waals surface area (Å²) in [6.45, 7) is 2.56. The Morgan fingerprint density at radius 2 is 2.12 bits per heavy atom. The van der Waals surface area contributed by atoms with Crippen LogP contribution in [0.15, 0.2) is 18.2 Å². The van der Waals surface area contributed by atoms with E-state index in [2.05, 4.69) is 0 Å². The van der Waals surface area contributed by atoms with Gasteiger partial charge in [-0.15, -0.1) is 0 Å². The first-order valence-corrected chi connectivity index (χ1v) is 5.86. The van der Waals surface area contributed by atoms with E-state index in [1.807, 2.05) is 6.92 Å². The molecule has 92 valence electrons. The molecule has 1 fully saturated rings. The maximum Gasteiger partial charge on any atom is 0.257 e. The van der Waals surface area contributed by atoms with Gasteiger partial charge in [-0.3, -0.25) is 4.79 Å². The second-order valence-corrected chi connectivity index (χ2v) is 4.44. The summed E-state index contributed by atoms with van der Waals surface area (Å²) in [6.07, 6.45) is 2.92. The molecule has 17 heavy (non-hydrogen) atoms. The van der Waals surface area contributed by atoms with Crippen molar-refractivity contribution in [2.75, 3.05) is 6.54 Å². The normalized spacial score (nSPS) is 20.4. The molecule has 1 heterocycles. The molecule has 0 N–H and O–H groups in total. The largest absolute Gasteiger partial charge is 0.336 e. The molecule has 1 atom stereocenters. The van der Waals surface area contributed by atoms with Gasteiger partial charge < -0.3 is 4.90 Å². The Bertz CT molecular complexity index is 433. The molecule has 0 aliphatic carbocycles. The van der Waals surface area contributed by atoms with Crippen LogP contribution in [0.4, 0.5) is 8.78 Å². The molecule has 0 unspecified atom stereocenters. The van der Waals surface area contributed by atoms with Crippen LogP contribution in [-0.2, 0) is 0 Å². The van der Waals surface area contributed by atoms with Crippen molar-refractivity contribution < 1.29 is 13.6 Å². The fourth-order valence-electron chi connectivity index (χ4n) is 2.22. The fourth-order valence-corrected chi connectivity index (χ4v) is 2.22. The first-order chi connectivity index (χ1) is 8.11. The molecule has 2 rings (SSSR count). The highest BCUT2D eigenvalue weighted by Crippen LogP contribution is 2.21. The Morgan fingerprint density at radius 1 is 1.35 bits per heavy atom. The fraction of sp³-hybridized carbons (Fsp3) is 0.462. The maximum absolute atomic E-state index is 13.5. The number of hydrogen-bond donors (Lipinski definition) is 0. The second-order valence-electron chi connectivity index (χ2n) is 4.44. The number of halogens is 2. The highest BCUT2D eigenvalue weighted by Gasteiger charge is 2.26. The summed E-state index contributed by atoms with van der Waals surface area (Å²) in [6, 6.07) is 3.81. The van der Waals surface area contributed by atoms with Crippen molar-refractivity contribution in [3.05, 3.63) is 35.4 Å². The number of carbonyl (C=O) groups is 1. The third-order valence-electron chi connectivity index (χ3n) is 3.25. The first kappa shape index (κ1) is 12.0. The Morgan fingerprint density at radius 3 is 2.82 bits per heavy atom. The molecule has 0 radical (unpaired) electrons. The van der Waals surface area contributed by atoms with Gasteiger partial charge in [0, 0.05) is 12.6 Å². The number of rotatable bonds is 1. The molecule has 1 aliphatic heterocycles. The average Bonchev–Trinajstić information content (AvgIpc) is 2.32. The molecule has 1 aromatic rings. The minimum atomic E-state index is -1.05. The van der Waals surface area contributed by atoms with Gasteiger partial charge in [0.1, 0.15) is 0 Å². The molecule has 1 aromatic carbocycles. The quantitative estimate of drug-likeness (QED) is 0.737. The van der Waals surface area contributed by atoms with Gasteiger partial charge >= 0.3 is 0 Å². The number of nitrogens with zero attached hydrogens (tertiary/aromatic N) is 1. The van der Waals surface area contributed by atoms with Crippen LogP contribution >= 0.6 is 0 Å². The second kappa shape index (κ2) is 4.82. The minimum Gasteiger partial charge on any atom is -0.336 e. The van der Waals surface area contributed by atoms with Crippen molar-refractivity contribution in [3.8, 4) is 0 Å². The molecule has 0 aromatic heterocycles. The highest BCUT2D eigenvalue weighted by molar-refractivity contribution is 5.94. The van der Waals surface area contributed by atoms with Crippen LogP contribution in [0, 0.1) is 11.6 Å². The number of piperidine rings is 1. The van der Waals surface area contributed by atoms with E-state index in [9.17, 15) is 13.6 Å². The summed E-state index contributed by atoms with van der Waals surface area (Å²) in [5.41, 5.74) is -0.168. The van der Waals surface area contributed by atoms with Gasteiger partial charge in [0.05, 0.1) is 5.56 Å². The van der Waals surface area contributed by atoms with Gasteiger partial charge in [0.15, 0.2) is 11.6 Å². The number of likely N-dealkylation sites (tertiary alicyclic amines) is 1. The molecular formula is C13H15F2NO. The maximum atomic E-state index is 13.5. The van der Waals surface area contributed by atoms with E-state index < -0.39 is 17.5 Å². The molecule has 0 spiro atoms. The summed E-state index contributed by atoms with van der Waals surface area (Å²) in [4.78, 5) is 13.7. The van der Waals surface area contributed by atoms with E-state index in [-0.39, 0.29) is 11.6 Å². The van der Waals surface area contributed by atoms with Crippen LogP contribution in [0.25, 0.3) is 0 Å². The lowest BCUT2D eigenvalue weighted by molar-refractivity contribution is 0.0629. The predicted molar refractivity (Wildman–Crippen MR) is 60.7 cm³/mol. The standard InChI is InChI=1S/C13H15F2NO/c1-9-5-2-3-8-16(9)13(17)10-6-4-7-11(14)12(10)15/h4,6-7,9H,2-3,5,8H2,1H3/t9-/m0/s1. The molecule has 4 heteroatoms. The summed E-state index contributed by atoms with van der Waals surface area (Å²) in [7, 11) is 0. The highest BCUT2D eigenvalue weighted by atomic mass is 19.2. The zero-order chi connectivity index (χ0) is 12.4. The molecule has 1 aliphatic rings. The topological polar surface area (TPSA) is 20.3 Å². The van der Waals surface area contributed by atoms with Gasteiger partial charge in [0.2, 0.25) is 0 Å². The molecular weight excluding hydrogens is 224 g/mol. The lowest BCUT2D eigenvalue weighted by Gasteiger charge is -2.33. The molecule has 0 bridgehead atoms.